The van der Waals surface area contributed by atoms with Gasteiger partial charge in [0, 0.05) is 12.6 Å². The molecule has 4 nitrogen and oxygen atoms in total. The van der Waals surface area contributed by atoms with Crippen molar-refractivity contribution in [1.29, 1.82) is 0 Å². The molecule has 0 spiro atoms. The summed E-state index contributed by atoms with van der Waals surface area (Å²) in [6.07, 6.45) is 7.06. The molecule has 0 aliphatic rings. The molecule has 72 valence electrons. The van der Waals surface area contributed by atoms with Crippen LogP contribution in [0.2, 0.25) is 0 Å². The molecule has 0 saturated heterocycles. The molecular weight excluding hydrogens is 166 g/mol. The third kappa shape index (κ3) is 3.73. The number of H-pyrrole nitrogens is 1. The topological polar surface area (TPSA) is 57.8 Å². The van der Waals surface area contributed by atoms with Crippen molar-refractivity contribution in [2.75, 3.05) is 5.32 Å². The van der Waals surface area contributed by atoms with E-state index in [0.29, 0.717) is 6.42 Å². The maximum Gasteiger partial charge on any atom is 0.224 e. The summed E-state index contributed by atoms with van der Waals surface area (Å²) in [7, 11) is 0. The van der Waals surface area contributed by atoms with Crippen molar-refractivity contribution in [3.63, 3.8) is 0 Å². The van der Waals surface area contributed by atoms with Gasteiger partial charge in [-0.1, -0.05) is 19.8 Å². The molecule has 0 fully saturated rings. The number of hydrogen-bond donors (Lipinski definition) is 2. The summed E-state index contributed by atoms with van der Waals surface area (Å²) in [5.41, 5.74) is 0.737. The van der Waals surface area contributed by atoms with Crippen molar-refractivity contribution in [3.05, 3.63) is 12.4 Å². The molecule has 0 radical (unpaired) electrons. The quantitative estimate of drug-likeness (QED) is 0.682. The number of carbonyl (C=O) groups excluding carboxylic acids is 1. The summed E-state index contributed by atoms with van der Waals surface area (Å²) in [6, 6.07) is 0. The molecule has 0 unspecified atom stereocenters. The van der Waals surface area contributed by atoms with E-state index in [1.807, 2.05) is 0 Å². The SMILES string of the molecule is CCCCCC(=O)Nc1cn[nH]c1. The Hall–Kier alpha value is -1.32. The summed E-state index contributed by atoms with van der Waals surface area (Å²) in [4.78, 5) is 11.2. The molecule has 4 heteroatoms. The average Bonchev–Trinajstić information content (AvgIpc) is 2.57. The second kappa shape index (κ2) is 5.35. The van der Waals surface area contributed by atoms with E-state index >= 15 is 0 Å². The molecule has 1 amide bonds. The molecule has 1 aromatic heterocycles. The van der Waals surface area contributed by atoms with Crippen molar-refractivity contribution in [2.24, 2.45) is 0 Å². The van der Waals surface area contributed by atoms with Crippen LogP contribution in [-0.4, -0.2) is 16.1 Å². The summed E-state index contributed by atoms with van der Waals surface area (Å²) in [6.45, 7) is 2.12. The summed E-state index contributed by atoms with van der Waals surface area (Å²) >= 11 is 0. The van der Waals surface area contributed by atoms with Gasteiger partial charge in [-0.2, -0.15) is 5.10 Å². The van der Waals surface area contributed by atoms with Crippen LogP contribution in [0.25, 0.3) is 0 Å². The van der Waals surface area contributed by atoms with Gasteiger partial charge < -0.3 is 5.32 Å². The number of amides is 1. The van der Waals surface area contributed by atoms with Gasteiger partial charge in [-0.05, 0) is 6.42 Å². The average molecular weight is 181 g/mol. The van der Waals surface area contributed by atoms with Crippen molar-refractivity contribution >= 4 is 11.6 Å². The van der Waals surface area contributed by atoms with Gasteiger partial charge in [-0.3, -0.25) is 9.89 Å². The van der Waals surface area contributed by atoms with Crippen LogP contribution in [0, 0.1) is 0 Å². The molecular formula is C9H15N3O. The van der Waals surface area contributed by atoms with Gasteiger partial charge in [0.05, 0.1) is 11.9 Å². The van der Waals surface area contributed by atoms with E-state index in [1.165, 1.54) is 0 Å². The number of unbranched alkanes of at least 4 members (excludes halogenated alkanes) is 2. The highest BCUT2D eigenvalue weighted by atomic mass is 16.1. The molecule has 0 bridgehead atoms. The number of hydrogen-bond acceptors (Lipinski definition) is 2. The normalized spacial score (nSPS) is 9.92. The third-order valence-corrected chi connectivity index (χ3v) is 1.79. The second-order valence-corrected chi connectivity index (χ2v) is 2.99. The van der Waals surface area contributed by atoms with E-state index in [9.17, 15) is 4.79 Å². The fourth-order valence-electron chi connectivity index (χ4n) is 1.08. The number of nitrogens with one attached hydrogen (secondary N) is 2. The minimum atomic E-state index is 0.0647. The van der Waals surface area contributed by atoms with E-state index in [-0.39, 0.29) is 5.91 Å². The van der Waals surface area contributed by atoms with Crippen LogP contribution in [-0.2, 0) is 4.79 Å². The van der Waals surface area contributed by atoms with Gasteiger partial charge in [-0.25, -0.2) is 0 Å². The first-order valence-corrected chi connectivity index (χ1v) is 4.61. The molecule has 1 aromatic rings. The number of carbonyl (C=O) groups is 1. The van der Waals surface area contributed by atoms with Crippen molar-refractivity contribution in [2.45, 2.75) is 32.6 Å². The third-order valence-electron chi connectivity index (χ3n) is 1.79. The lowest BCUT2D eigenvalue weighted by molar-refractivity contribution is -0.116. The molecule has 2 N–H and O–H groups in total. The van der Waals surface area contributed by atoms with Crippen LogP contribution in [0.15, 0.2) is 12.4 Å². The standard InChI is InChI=1S/C9H15N3O/c1-2-3-4-5-9(13)12-8-6-10-11-7-8/h6-7H,2-5H2,1H3,(H,10,11)(H,12,13). The Balaban J connectivity index is 2.18. The predicted molar refractivity (Wildman–Crippen MR) is 51.4 cm³/mol. The Kier molecular flexibility index (Phi) is 4.02. The molecule has 0 atom stereocenters. The van der Waals surface area contributed by atoms with E-state index < -0.39 is 0 Å². The van der Waals surface area contributed by atoms with Crippen molar-refractivity contribution in [1.82, 2.24) is 10.2 Å². The van der Waals surface area contributed by atoms with E-state index in [2.05, 4.69) is 22.4 Å². The summed E-state index contributed by atoms with van der Waals surface area (Å²) in [5.74, 6) is 0.0647. The molecule has 0 aliphatic carbocycles. The van der Waals surface area contributed by atoms with Crippen LogP contribution in [0.3, 0.4) is 0 Å². The molecule has 0 saturated carbocycles. The zero-order valence-electron chi connectivity index (χ0n) is 7.84. The molecule has 1 heterocycles. The first-order valence-electron chi connectivity index (χ1n) is 4.61. The summed E-state index contributed by atoms with van der Waals surface area (Å²) in [5, 5.41) is 9.12. The molecule has 1 rings (SSSR count). The van der Waals surface area contributed by atoms with E-state index in [0.717, 1.165) is 24.9 Å². The fraction of sp³-hybridized carbons (Fsp3) is 0.556. The van der Waals surface area contributed by atoms with Crippen LogP contribution >= 0.6 is 0 Å². The zero-order valence-corrected chi connectivity index (χ0v) is 7.84. The van der Waals surface area contributed by atoms with Crippen molar-refractivity contribution < 1.29 is 4.79 Å². The monoisotopic (exact) mass is 181 g/mol. The van der Waals surface area contributed by atoms with Gasteiger partial charge in [0.2, 0.25) is 5.91 Å². The maximum absolute atomic E-state index is 11.2. The Labute approximate surface area is 77.7 Å². The number of nitrogens with zero attached hydrogens (tertiary/aromatic N) is 1. The Morgan fingerprint density at radius 3 is 3.08 bits per heavy atom. The Morgan fingerprint density at radius 1 is 1.62 bits per heavy atom. The lowest BCUT2D eigenvalue weighted by Gasteiger charge is -2.00. The number of aromatic amines is 1. The van der Waals surface area contributed by atoms with Gasteiger partial charge in [-0.15, -0.1) is 0 Å². The highest BCUT2D eigenvalue weighted by Crippen LogP contribution is 2.04. The van der Waals surface area contributed by atoms with Gasteiger partial charge in [0.1, 0.15) is 0 Å². The minimum Gasteiger partial charge on any atom is -0.323 e. The van der Waals surface area contributed by atoms with Crippen molar-refractivity contribution in [3.8, 4) is 0 Å². The lowest BCUT2D eigenvalue weighted by atomic mass is 10.2. The minimum absolute atomic E-state index is 0.0647. The van der Waals surface area contributed by atoms with E-state index in [1.54, 1.807) is 12.4 Å². The first kappa shape index (κ1) is 9.77. The summed E-state index contributed by atoms with van der Waals surface area (Å²) < 4.78 is 0. The fourth-order valence-corrected chi connectivity index (χ4v) is 1.08. The van der Waals surface area contributed by atoms with Crippen LogP contribution in [0.5, 0.6) is 0 Å². The van der Waals surface area contributed by atoms with Crippen LogP contribution in [0.1, 0.15) is 32.6 Å². The highest BCUT2D eigenvalue weighted by molar-refractivity contribution is 5.90. The Morgan fingerprint density at radius 2 is 2.46 bits per heavy atom. The molecule has 0 aliphatic heterocycles. The maximum atomic E-state index is 11.2. The van der Waals surface area contributed by atoms with Crippen LogP contribution in [0.4, 0.5) is 5.69 Å². The molecule has 0 aromatic carbocycles. The smallest absolute Gasteiger partial charge is 0.224 e. The van der Waals surface area contributed by atoms with Gasteiger partial charge >= 0.3 is 0 Å². The largest absolute Gasteiger partial charge is 0.323 e. The zero-order chi connectivity index (χ0) is 9.52. The van der Waals surface area contributed by atoms with Gasteiger partial charge in [0.15, 0.2) is 0 Å². The highest BCUT2D eigenvalue weighted by Gasteiger charge is 2.01. The predicted octanol–water partition coefficient (Wildman–Crippen LogP) is 1.93. The number of aromatic nitrogens is 2. The van der Waals surface area contributed by atoms with Gasteiger partial charge in [0.25, 0.3) is 0 Å². The second-order valence-electron chi connectivity index (χ2n) is 2.99. The number of anilines is 1. The molecule has 13 heavy (non-hydrogen) atoms. The number of rotatable bonds is 5. The van der Waals surface area contributed by atoms with Crippen LogP contribution < -0.4 is 5.32 Å². The van der Waals surface area contributed by atoms with E-state index in [4.69, 9.17) is 0 Å². The lowest BCUT2D eigenvalue weighted by Crippen LogP contribution is -2.10. The Bertz CT molecular complexity index is 243. The first-order chi connectivity index (χ1) is 6.33.